The molecule has 0 spiro atoms. The van der Waals surface area contributed by atoms with Crippen molar-refractivity contribution in [3.8, 4) is 11.1 Å². The summed E-state index contributed by atoms with van der Waals surface area (Å²) in [5, 5.41) is 24.8. The Balaban J connectivity index is 0.000000707. The van der Waals surface area contributed by atoms with E-state index in [0.29, 0.717) is 30.0 Å². The Kier molecular flexibility index (Phi) is 12.0. The van der Waals surface area contributed by atoms with Gasteiger partial charge in [-0.2, -0.15) is 13.2 Å². The van der Waals surface area contributed by atoms with Gasteiger partial charge in [0.05, 0.1) is 30.0 Å². The van der Waals surface area contributed by atoms with Crippen molar-refractivity contribution in [3.05, 3.63) is 84.2 Å². The molecule has 11 nitrogen and oxygen atoms in total. The monoisotopic (exact) mass is 631 g/mol. The van der Waals surface area contributed by atoms with E-state index in [4.69, 9.17) is 9.90 Å². The molecule has 0 fully saturated rings. The van der Waals surface area contributed by atoms with Gasteiger partial charge in [-0.1, -0.05) is 48.5 Å². The zero-order chi connectivity index (χ0) is 33.0. The number of alkyl halides is 3. The lowest BCUT2D eigenvalue weighted by molar-refractivity contribution is -0.192. The number of para-hydroxylation sites is 2. The topological polar surface area (TPSA) is 174 Å². The predicted octanol–water partition coefficient (Wildman–Crippen LogP) is 4.64. The van der Waals surface area contributed by atoms with E-state index in [9.17, 15) is 37.1 Å². The molecule has 0 aliphatic heterocycles. The highest BCUT2D eigenvalue weighted by Crippen LogP contribution is 2.24. The maximum atomic E-state index is 13.5. The molecule has 4 aromatic rings. The Hall–Kier alpha value is -5.47. The number of benzene rings is 3. The number of halogens is 4. The van der Waals surface area contributed by atoms with Gasteiger partial charge in [0.25, 0.3) is 0 Å². The van der Waals surface area contributed by atoms with Gasteiger partial charge in [-0.15, -0.1) is 0 Å². The molecular formula is C30H29F4N5O6. The van der Waals surface area contributed by atoms with Crippen LogP contribution in [0.25, 0.3) is 22.2 Å². The third-order valence-corrected chi connectivity index (χ3v) is 6.14. The quantitative estimate of drug-likeness (QED) is 0.0969. The number of aromatic nitrogens is 2. The zero-order valence-corrected chi connectivity index (χ0v) is 23.5. The molecule has 1 unspecified atom stereocenters. The van der Waals surface area contributed by atoms with Crippen molar-refractivity contribution < 1.29 is 47.0 Å². The first kappa shape index (κ1) is 34.0. The molecule has 3 aromatic carbocycles. The molecule has 0 saturated carbocycles. The largest absolute Gasteiger partial charge is 0.490 e. The van der Waals surface area contributed by atoms with Crippen LogP contribution >= 0.6 is 0 Å². The lowest BCUT2D eigenvalue weighted by Gasteiger charge is -2.18. The van der Waals surface area contributed by atoms with Crippen LogP contribution in [0.2, 0.25) is 0 Å². The molecule has 0 aliphatic carbocycles. The van der Waals surface area contributed by atoms with Gasteiger partial charge in [-0.3, -0.25) is 14.4 Å². The van der Waals surface area contributed by atoms with E-state index in [-0.39, 0.29) is 31.1 Å². The number of amides is 2. The van der Waals surface area contributed by atoms with Crippen LogP contribution in [0.5, 0.6) is 0 Å². The molecule has 45 heavy (non-hydrogen) atoms. The smallest absolute Gasteiger partial charge is 0.481 e. The van der Waals surface area contributed by atoms with Crippen LogP contribution in [0.4, 0.5) is 23.5 Å². The zero-order valence-electron chi connectivity index (χ0n) is 23.5. The van der Waals surface area contributed by atoms with E-state index in [1.54, 1.807) is 36.4 Å². The fraction of sp³-hybridized carbons (Fsp3) is 0.233. The highest BCUT2D eigenvalue weighted by atomic mass is 19.4. The molecular weight excluding hydrogens is 602 g/mol. The second kappa shape index (κ2) is 15.8. The van der Waals surface area contributed by atoms with Gasteiger partial charge in [-0.25, -0.2) is 14.2 Å². The van der Waals surface area contributed by atoms with Crippen LogP contribution in [0.3, 0.4) is 0 Å². The van der Waals surface area contributed by atoms with Crippen LogP contribution < -0.4 is 16.0 Å². The van der Waals surface area contributed by atoms with Gasteiger partial charge in [0.1, 0.15) is 5.82 Å². The van der Waals surface area contributed by atoms with Crippen molar-refractivity contribution in [2.75, 3.05) is 18.4 Å². The van der Waals surface area contributed by atoms with E-state index < -0.39 is 30.1 Å². The van der Waals surface area contributed by atoms with Crippen LogP contribution in [-0.2, 0) is 19.2 Å². The lowest BCUT2D eigenvalue weighted by atomic mass is 9.99. The number of rotatable bonds is 12. The number of aromatic amines is 1. The number of aliphatic carboxylic acids is 2. The normalized spacial score (nSPS) is 11.6. The molecule has 6 N–H and O–H groups in total. The average Bonchev–Trinajstić information content (AvgIpc) is 3.41. The lowest BCUT2D eigenvalue weighted by Crippen LogP contribution is -2.39. The molecule has 4 rings (SSSR count). The number of nitrogens with zero attached hydrogens (tertiary/aromatic N) is 1. The summed E-state index contributed by atoms with van der Waals surface area (Å²) in [5.74, 6) is -4.36. The van der Waals surface area contributed by atoms with Gasteiger partial charge in [-0.05, 0) is 47.4 Å². The number of carbonyl (C=O) groups excluding carboxylic acids is 2. The molecule has 238 valence electrons. The van der Waals surface area contributed by atoms with E-state index in [1.165, 1.54) is 12.1 Å². The Bertz CT molecular complexity index is 1590. The Morgan fingerprint density at radius 1 is 0.889 bits per heavy atom. The molecule has 0 bridgehead atoms. The second-order valence-corrected chi connectivity index (χ2v) is 9.56. The first-order valence-electron chi connectivity index (χ1n) is 13.4. The van der Waals surface area contributed by atoms with Gasteiger partial charge in [0, 0.05) is 13.0 Å². The molecule has 1 aromatic heterocycles. The Morgan fingerprint density at radius 2 is 1.58 bits per heavy atom. The first-order chi connectivity index (χ1) is 21.3. The maximum Gasteiger partial charge on any atom is 0.490 e. The highest BCUT2D eigenvalue weighted by Gasteiger charge is 2.38. The third-order valence-electron chi connectivity index (χ3n) is 6.14. The second-order valence-electron chi connectivity index (χ2n) is 9.56. The van der Waals surface area contributed by atoms with E-state index in [1.807, 2.05) is 24.3 Å². The summed E-state index contributed by atoms with van der Waals surface area (Å²) in [5.41, 5.74) is 3.80. The first-order valence-corrected chi connectivity index (χ1v) is 13.4. The highest BCUT2D eigenvalue weighted by molar-refractivity contribution is 5.85. The standard InChI is InChI=1S/C28H28FN5O4.C2HF3O2/c29-21-6-3-5-20(15-21)18-10-12-19(13-11-18)24(16-27(37)38)32-26(36)17-31-25(35)9-4-14-30-28-33-22-7-1-2-8-23(22)34-28;3-2(4,5)1(6)7/h1-3,5-8,10-13,15,24H,4,9,14,16-17H2,(H,31,35)(H,32,36)(H,37,38)(H2,30,33,34);(H,6,7). The van der Waals surface area contributed by atoms with E-state index in [2.05, 4.69) is 25.9 Å². The fourth-order valence-corrected chi connectivity index (χ4v) is 4.01. The SMILES string of the molecule is O=C(O)C(F)(F)F.O=C(O)CC(NC(=O)CNC(=O)CCCNc1nc2ccccc2[nH]1)c1ccc(-c2cccc(F)c2)cc1. The molecule has 0 radical (unpaired) electrons. The molecule has 1 heterocycles. The van der Waals surface area contributed by atoms with Crippen LogP contribution in [0.15, 0.2) is 72.8 Å². The number of hydrogen-bond acceptors (Lipinski definition) is 6. The Morgan fingerprint density at radius 3 is 2.20 bits per heavy atom. The molecule has 0 aliphatic rings. The van der Waals surface area contributed by atoms with E-state index in [0.717, 1.165) is 16.6 Å². The number of H-pyrrole nitrogens is 1. The number of hydrogen-bond donors (Lipinski definition) is 6. The summed E-state index contributed by atoms with van der Waals surface area (Å²) < 4.78 is 45.3. The third kappa shape index (κ3) is 11.3. The average molecular weight is 632 g/mol. The molecule has 2 amide bonds. The van der Waals surface area contributed by atoms with Gasteiger partial charge >= 0.3 is 18.1 Å². The van der Waals surface area contributed by atoms with Crippen LogP contribution in [0.1, 0.15) is 30.9 Å². The number of fused-ring (bicyclic) bond motifs is 1. The molecule has 15 heteroatoms. The van der Waals surface area contributed by atoms with Crippen molar-refractivity contribution in [2.45, 2.75) is 31.5 Å². The van der Waals surface area contributed by atoms with Gasteiger partial charge < -0.3 is 31.1 Å². The van der Waals surface area contributed by atoms with Crippen molar-refractivity contribution in [1.82, 2.24) is 20.6 Å². The van der Waals surface area contributed by atoms with Crippen molar-refractivity contribution in [3.63, 3.8) is 0 Å². The van der Waals surface area contributed by atoms with Crippen molar-refractivity contribution in [2.24, 2.45) is 0 Å². The molecule has 0 saturated heterocycles. The van der Waals surface area contributed by atoms with Crippen LogP contribution in [-0.4, -0.2) is 63.2 Å². The van der Waals surface area contributed by atoms with Crippen LogP contribution in [0, 0.1) is 5.82 Å². The van der Waals surface area contributed by atoms with Crippen molar-refractivity contribution >= 4 is 40.7 Å². The number of imidazole rings is 1. The number of anilines is 1. The summed E-state index contributed by atoms with van der Waals surface area (Å²) in [7, 11) is 0. The molecule has 1 atom stereocenters. The van der Waals surface area contributed by atoms with E-state index >= 15 is 0 Å². The summed E-state index contributed by atoms with van der Waals surface area (Å²) in [6, 6.07) is 19.9. The fourth-order valence-electron chi connectivity index (χ4n) is 4.01. The maximum absolute atomic E-state index is 13.5. The minimum absolute atomic E-state index is 0.209. The number of nitrogens with one attached hydrogen (secondary N) is 4. The summed E-state index contributed by atoms with van der Waals surface area (Å²) in [4.78, 5) is 52.5. The van der Waals surface area contributed by atoms with Gasteiger partial charge in [0.2, 0.25) is 17.8 Å². The van der Waals surface area contributed by atoms with Crippen molar-refractivity contribution in [1.29, 1.82) is 0 Å². The predicted molar refractivity (Wildman–Crippen MR) is 155 cm³/mol. The number of carbonyl (C=O) groups is 4. The minimum atomic E-state index is -5.08. The summed E-state index contributed by atoms with van der Waals surface area (Å²) in [6.07, 6.45) is -4.67. The number of carboxylic acids is 2. The summed E-state index contributed by atoms with van der Waals surface area (Å²) in [6.45, 7) is 0.249. The minimum Gasteiger partial charge on any atom is -0.481 e. The Labute approximate surface area is 253 Å². The van der Waals surface area contributed by atoms with Gasteiger partial charge in [0.15, 0.2) is 0 Å². The summed E-state index contributed by atoms with van der Waals surface area (Å²) >= 11 is 0. The number of carboxylic acid groups (broad SMARTS) is 2.